The van der Waals surface area contributed by atoms with Crippen LogP contribution in [-0.4, -0.2) is 12.5 Å². The zero-order valence-corrected chi connectivity index (χ0v) is 9.21. The average molecular weight is 221 g/mol. The summed E-state index contributed by atoms with van der Waals surface area (Å²) in [5.74, 6) is 0. The number of aldehydes is 1. The van der Waals surface area contributed by atoms with Crippen LogP contribution in [-0.2, 0) is 10.2 Å². The molecule has 0 radical (unpaired) electrons. The maximum atomic E-state index is 11.6. The smallest absolute Gasteiger partial charge is 0.140 e. The Labute approximate surface area is 99.6 Å². The van der Waals surface area contributed by atoms with Crippen molar-refractivity contribution in [3.8, 4) is 0 Å². The Kier molecular flexibility index (Phi) is 2.15. The number of carbonyl (C=O) groups is 1. The molecule has 1 aliphatic rings. The van der Waals surface area contributed by atoms with Gasteiger partial charge in [0.05, 0.1) is 5.69 Å². The van der Waals surface area contributed by atoms with Gasteiger partial charge >= 0.3 is 0 Å². The van der Waals surface area contributed by atoms with Crippen LogP contribution in [0.1, 0.15) is 11.1 Å². The molecule has 0 spiro atoms. The summed E-state index contributed by atoms with van der Waals surface area (Å²) < 4.78 is 0. The molecule has 1 unspecified atom stereocenters. The van der Waals surface area contributed by atoms with E-state index in [4.69, 9.17) is 0 Å². The van der Waals surface area contributed by atoms with E-state index in [0.29, 0.717) is 0 Å². The molecule has 3 rings (SSSR count). The van der Waals surface area contributed by atoms with E-state index in [0.717, 1.165) is 23.1 Å². The van der Waals surface area contributed by atoms with Gasteiger partial charge in [0.1, 0.15) is 11.7 Å². The fourth-order valence-corrected chi connectivity index (χ4v) is 2.28. The lowest BCUT2D eigenvalue weighted by Crippen LogP contribution is -2.28. The molecule has 0 N–H and O–H groups in total. The highest BCUT2D eigenvalue weighted by Gasteiger charge is 2.37. The maximum Gasteiger partial charge on any atom is 0.140 e. The van der Waals surface area contributed by atoms with Crippen molar-refractivity contribution in [1.29, 1.82) is 0 Å². The predicted molar refractivity (Wildman–Crippen MR) is 67.9 cm³/mol. The summed E-state index contributed by atoms with van der Waals surface area (Å²) in [6, 6.07) is 17.5. The Morgan fingerprint density at radius 2 is 1.65 bits per heavy atom. The third-order valence-electron chi connectivity index (χ3n) is 3.19. The van der Waals surface area contributed by atoms with Crippen molar-refractivity contribution in [2.75, 3.05) is 0 Å². The standard InChI is InChI=1S/C15H11NO/c17-11-15(12-6-2-1-3-7-12)10-16-14-9-5-4-8-13(14)15/h1-11H. The first-order valence-electron chi connectivity index (χ1n) is 5.53. The third kappa shape index (κ3) is 1.34. The molecular weight excluding hydrogens is 210 g/mol. The lowest BCUT2D eigenvalue weighted by atomic mass is 9.78. The second-order valence-electron chi connectivity index (χ2n) is 4.13. The highest BCUT2D eigenvalue weighted by atomic mass is 16.1. The minimum Gasteiger partial charge on any atom is -0.302 e. The van der Waals surface area contributed by atoms with Crippen molar-refractivity contribution in [2.24, 2.45) is 4.99 Å². The van der Waals surface area contributed by atoms with Crippen LogP contribution < -0.4 is 0 Å². The van der Waals surface area contributed by atoms with Crippen LogP contribution >= 0.6 is 0 Å². The summed E-state index contributed by atoms with van der Waals surface area (Å²) in [4.78, 5) is 15.9. The molecule has 17 heavy (non-hydrogen) atoms. The Morgan fingerprint density at radius 1 is 0.941 bits per heavy atom. The summed E-state index contributed by atoms with van der Waals surface area (Å²) in [5, 5.41) is 0. The molecule has 0 saturated carbocycles. The van der Waals surface area contributed by atoms with E-state index in [1.807, 2.05) is 54.6 Å². The summed E-state index contributed by atoms with van der Waals surface area (Å²) in [6.07, 6.45) is 2.71. The van der Waals surface area contributed by atoms with Gasteiger partial charge in [-0.1, -0.05) is 48.5 Å². The number of para-hydroxylation sites is 1. The van der Waals surface area contributed by atoms with Crippen molar-refractivity contribution < 1.29 is 4.79 Å². The molecule has 2 heteroatoms. The molecule has 0 amide bonds. The van der Waals surface area contributed by atoms with Crippen LogP contribution in [0, 0.1) is 0 Å². The van der Waals surface area contributed by atoms with Crippen LogP contribution in [0.15, 0.2) is 59.6 Å². The third-order valence-corrected chi connectivity index (χ3v) is 3.19. The highest BCUT2D eigenvalue weighted by Crippen LogP contribution is 2.39. The Morgan fingerprint density at radius 3 is 2.41 bits per heavy atom. The van der Waals surface area contributed by atoms with Crippen LogP contribution in [0.25, 0.3) is 0 Å². The van der Waals surface area contributed by atoms with Crippen molar-refractivity contribution in [3.63, 3.8) is 0 Å². The van der Waals surface area contributed by atoms with Crippen molar-refractivity contribution in [1.82, 2.24) is 0 Å². The van der Waals surface area contributed by atoms with Crippen LogP contribution in [0.5, 0.6) is 0 Å². The average Bonchev–Trinajstić information content (AvgIpc) is 2.80. The number of nitrogens with zero attached hydrogens (tertiary/aromatic N) is 1. The first-order chi connectivity index (χ1) is 8.37. The highest BCUT2D eigenvalue weighted by molar-refractivity contribution is 6.04. The lowest BCUT2D eigenvalue weighted by molar-refractivity contribution is -0.109. The Hall–Kier alpha value is -2.22. The monoisotopic (exact) mass is 221 g/mol. The van der Waals surface area contributed by atoms with E-state index >= 15 is 0 Å². The number of aliphatic imine (C=N–C) groups is 1. The number of benzene rings is 2. The van der Waals surface area contributed by atoms with Crippen LogP contribution in [0.4, 0.5) is 5.69 Å². The summed E-state index contributed by atoms with van der Waals surface area (Å²) in [7, 11) is 0. The van der Waals surface area contributed by atoms with Crippen LogP contribution in [0.3, 0.4) is 0 Å². The second-order valence-corrected chi connectivity index (χ2v) is 4.13. The number of fused-ring (bicyclic) bond motifs is 1. The van der Waals surface area contributed by atoms with Gasteiger partial charge < -0.3 is 4.79 Å². The second kappa shape index (κ2) is 3.67. The van der Waals surface area contributed by atoms with Gasteiger partial charge in [-0.15, -0.1) is 0 Å². The number of hydrogen-bond acceptors (Lipinski definition) is 2. The van der Waals surface area contributed by atoms with E-state index in [1.165, 1.54) is 0 Å². The fraction of sp³-hybridized carbons (Fsp3) is 0.0667. The molecule has 0 bridgehead atoms. The summed E-state index contributed by atoms with van der Waals surface area (Å²) >= 11 is 0. The van der Waals surface area contributed by atoms with Gasteiger partial charge in [-0.25, -0.2) is 0 Å². The zero-order chi connectivity index (χ0) is 11.7. The first-order valence-corrected chi connectivity index (χ1v) is 5.53. The molecule has 0 aromatic heterocycles. The Balaban J connectivity index is 2.25. The molecule has 0 fully saturated rings. The molecule has 1 atom stereocenters. The molecular formula is C15H11NO. The molecule has 2 aromatic rings. The molecule has 1 aliphatic heterocycles. The number of carbonyl (C=O) groups excluding carboxylic acids is 1. The molecule has 1 heterocycles. The first kappa shape index (κ1) is 9.97. The SMILES string of the molecule is O=CC1(c2ccccc2)C=Nc2ccccc21. The van der Waals surface area contributed by atoms with E-state index in [-0.39, 0.29) is 0 Å². The Bertz CT molecular complexity index is 589. The van der Waals surface area contributed by atoms with E-state index in [9.17, 15) is 4.79 Å². The van der Waals surface area contributed by atoms with Crippen molar-refractivity contribution in [3.05, 3.63) is 65.7 Å². The number of hydrogen-bond donors (Lipinski definition) is 0. The predicted octanol–water partition coefficient (Wildman–Crippen LogP) is 2.89. The fourth-order valence-electron chi connectivity index (χ4n) is 2.28. The van der Waals surface area contributed by atoms with Gasteiger partial charge in [-0.05, 0) is 11.6 Å². The van der Waals surface area contributed by atoms with E-state index in [2.05, 4.69) is 4.99 Å². The van der Waals surface area contributed by atoms with Gasteiger partial charge in [0.2, 0.25) is 0 Å². The molecule has 2 nitrogen and oxygen atoms in total. The van der Waals surface area contributed by atoms with Gasteiger partial charge in [0.25, 0.3) is 0 Å². The quantitative estimate of drug-likeness (QED) is 0.717. The van der Waals surface area contributed by atoms with Gasteiger partial charge in [0.15, 0.2) is 0 Å². The summed E-state index contributed by atoms with van der Waals surface area (Å²) in [6.45, 7) is 0. The maximum absolute atomic E-state index is 11.6. The molecule has 82 valence electrons. The zero-order valence-electron chi connectivity index (χ0n) is 9.21. The van der Waals surface area contributed by atoms with Crippen molar-refractivity contribution in [2.45, 2.75) is 5.41 Å². The van der Waals surface area contributed by atoms with Gasteiger partial charge in [0, 0.05) is 11.8 Å². The van der Waals surface area contributed by atoms with Gasteiger partial charge in [-0.2, -0.15) is 0 Å². The molecule has 0 saturated heterocycles. The lowest BCUT2D eigenvalue weighted by Gasteiger charge is -2.21. The topological polar surface area (TPSA) is 29.4 Å². The largest absolute Gasteiger partial charge is 0.302 e. The van der Waals surface area contributed by atoms with E-state index < -0.39 is 5.41 Å². The molecule has 0 aliphatic carbocycles. The minimum atomic E-state index is -0.710. The summed E-state index contributed by atoms with van der Waals surface area (Å²) in [5.41, 5.74) is 2.09. The molecule has 2 aromatic carbocycles. The van der Waals surface area contributed by atoms with Gasteiger partial charge in [-0.3, -0.25) is 4.99 Å². The van der Waals surface area contributed by atoms with Crippen LogP contribution in [0.2, 0.25) is 0 Å². The van der Waals surface area contributed by atoms with E-state index in [1.54, 1.807) is 6.21 Å². The number of rotatable bonds is 2. The normalized spacial score (nSPS) is 21.2. The minimum absolute atomic E-state index is 0.710. The van der Waals surface area contributed by atoms with Crippen molar-refractivity contribution >= 4 is 18.2 Å².